The van der Waals surface area contributed by atoms with Crippen molar-refractivity contribution in [2.24, 2.45) is 0 Å². The lowest BCUT2D eigenvalue weighted by molar-refractivity contribution is 0.267. The molecule has 82 valence electrons. The number of aryl methyl sites for hydroxylation is 2. The lowest BCUT2D eigenvalue weighted by atomic mass is 9.91. The Hall–Kier alpha value is -0.900. The van der Waals surface area contributed by atoms with Crippen molar-refractivity contribution in [3.8, 4) is 0 Å². The van der Waals surface area contributed by atoms with Gasteiger partial charge in [-0.15, -0.1) is 0 Å². The molecule has 0 aromatic carbocycles. The molecule has 1 aliphatic heterocycles. The lowest BCUT2D eigenvalue weighted by Crippen LogP contribution is -2.40. The SMILES string of the molecule is Cc1nc2n(n1)CCCC2NC1CCC1. The van der Waals surface area contributed by atoms with Crippen molar-refractivity contribution in [3.05, 3.63) is 11.6 Å². The molecule has 1 unspecified atom stereocenters. The Bertz CT molecular complexity index is 353. The first kappa shape index (κ1) is 9.33. The van der Waals surface area contributed by atoms with Crippen molar-refractivity contribution in [3.63, 3.8) is 0 Å². The molecule has 1 fully saturated rings. The molecule has 2 aliphatic rings. The summed E-state index contributed by atoms with van der Waals surface area (Å²) in [5.41, 5.74) is 0. The molecule has 0 spiro atoms. The molecule has 3 rings (SSSR count). The predicted octanol–water partition coefficient (Wildman–Crippen LogP) is 1.56. The van der Waals surface area contributed by atoms with E-state index in [1.165, 1.54) is 32.1 Å². The van der Waals surface area contributed by atoms with Gasteiger partial charge in [0.15, 0.2) is 0 Å². The predicted molar refractivity (Wildman–Crippen MR) is 57.5 cm³/mol. The van der Waals surface area contributed by atoms with Gasteiger partial charge in [-0.3, -0.25) is 0 Å². The molecule has 0 amide bonds. The van der Waals surface area contributed by atoms with E-state index in [0.29, 0.717) is 6.04 Å². The van der Waals surface area contributed by atoms with Crippen LogP contribution >= 0.6 is 0 Å². The Morgan fingerprint density at radius 2 is 2.13 bits per heavy atom. The average molecular weight is 206 g/mol. The van der Waals surface area contributed by atoms with E-state index in [4.69, 9.17) is 0 Å². The van der Waals surface area contributed by atoms with Crippen LogP contribution in [0.25, 0.3) is 0 Å². The number of aromatic nitrogens is 3. The highest BCUT2D eigenvalue weighted by Gasteiger charge is 2.27. The highest BCUT2D eigenvalue weighted by atomic mass is 15.4. The topological polar surface area (TPSA) is 42.7 Å². The van der Waals surface area contributed by atoms with Crippen LogP contribution in [-0.4, -0.2) is 20.8 Å². The zero-order valence-corrected chi connectivity index (χ0v) is 9.24. The van der Waals surface area contributed by atoms with E-state index in [1.54, 1.807) is 0 Å². The van der Waals surface area contributed by atoms with E-state index >= 15 is 0 Å². The van der Waals surface area contributed by atoms with Gasteiger partial charge in [0.25, 0.3) is 0 Å². The number of nitrogens with zero attached hydrogens (tertiary/aromatic N) is 3. The molecule has 0 bridgehead atoms. The summed E-state index contributed by atoms with van der Waals surface area (Å²) < 4.78 is 2.08. The van der Waals surface area contributed by atoms with Crippen LogP contribution in [0.15, 0.2) is 0 Å². The molecule has 2 heterocycles. The minimum absolute atomic E-state index is 0.449. The fraction of sp³-hybridized carbons (Fsp3) is 0.818. The van der Waals surface area contributed by atoms with Gasteiger partial charge in [0.05, 0.1) is 6.04 Å². The quantitative estimate of drug-likeness (QED) is 0.798. The fourth-order valence-corrected chi connectivity index (χ4v) is 2.49. The summed E-state index contributed by atoms with van der Waals surface area (Å²) in [7, 11) is 0. The largest absolute Gasteiger partial charge is 0.305 e. The van der Waals surface area contributed by atoms with Crippen LogP contribution in [-0.2, 0) is 6.54 Å². The van der Waals surface area contributed by atoms with Gasteiger partial charge in [0.1, 0.15) is 11.6 Å². The van der Waals surface area contributed by atoms with Crippen molar-refractivity contribution in [2.75, 3.05) is 0 Å². The summed E-state index contributed by atoms with van der Waals surface area (Å²) in [6.45, 7) is 3.02. The molecule has 1 aliphatic carbocycles. The maximum absolute atomic E-state index is 4.53. The molecule has 1 N–H and O–H groups in total. The van der Waals surface area contributed by atoms with Crippen molar-refractivity contribution in [1.82, 2.24) is 20.1 Å². The Balaban J connectivity index is 1.78. The Kier molecular flexibility index (Phi) is 2.24. The van der Waals surface area contributed by atoms with E-state index in [2.05, 4.69) is 20.1 Å². The maximum atomic E-state index is 4.53. The van der Waals surface area contributed by atoms with Crippen LogP contribution in [0.3, 0.4) is 0 Å². The third-order valence-corrected chi connectivity index (χ3v) is 3.52. The summed E-state index contributed by atoms with van der Waals surface area (Å²) in [6.07, 6.45) is 6.50. The Labute approximate surface area is 90.1 Å². The second kappa shape index (κ2) is 3.59. The molecule has 1 aromatic rings. The first-order valence-corrected chi connectivity index (χ1v) is 6.00. The summed E-state index contributed by atoms with van der Waals surface area (Å²) >= 11 is 0. The van der Waals surface area contributed by atoms with E-state index in [9.17, 15) is 0 Å². The molecule has 1 saturated carbocycles. The van der Waals surface area contributed by atoms with Crippen LogP contribution in [0.4, 0.5) is 0 Å². The van der Waals surface area contributed by atoms with Gasteiger partial charge in [0, 0.05) is 12.6 Å². The van der Waals surface area contributed by atoms with Crippen molar-refractivity contribution in [1.29, 1.82) is 0 Å². The van der Waals surface area contributed by atoms with Gasteiger partial charge in [-0.1, -0.05) is 6.42 Å². The molecule has 0 saturated heterocycles. The van der Waals surface area contributed by atoms with Gasteiger partial charge < -0.3 is 5.32 Å². The highest BCUT2D eigenvalue weighted by molar-refractivity contribution is 5.02. The van der Waals surface area contributed by atoms with E-state index in [0.717, 1.165) is 24.2 Å². The van der Waals surface area contributed by atoms with Crippen molar-refractivity contribution in [2.45, 2.75) is 57.7 Å². The first-order chi connectivity index (χ1) is 7.33. The third-order valence-electron chi connectivity index (χ3n) is 3.52. The summed E-state index contributed by atoms with van der Waals surface area (Å²) in [4.78, 5) is 4.53. The zero-order chi connectivity index (χ0) is 10.3. The molecular formula is C11H18N4. The number of nitrogens with one attached hydrogen (secondary N) is 1. The molecule has 4 heteroatoms. The molecular weight excluding hydrogens is 188 g/mol. The smallest absolute Gasteiger partial charge is 0.147 e. The number of hydrogen-bond acceptors (Lipinski definition) is 3. The summed E-state index contributed by atoms with van der Waals surface area (Å²) in [5, 5.41) is 8.12. The minimum atomic E-state index is 0.449. The number of fused-ring (bicyclic) bond motifs is 1. The van der Waals surface area contributed by atoms with Crippen molar-refractivity contribution >= 4 is 0 Å². The lowest BCUT2D eigenvalue weighted by Gasteiger charge is -2.32. The van der Waals surface area contributed by atoms with Crippen molar-refractivity contribution < 1.29 is 0 Å². The van der Waals surface area contributed by atoms with Gasteiger partial charge in [-0.2, -0.15) is 5.10 Å². The third kappa shape index (κ3) is 1.67. The van der Waals surface area contributed by atoms with Gasteiger partial charge in [-0.25, -0.2) is 9.67 Å². The van der Waals surface area contributed by atoms with Gasteiger partial charge in [0.2, 0.25) is 0 Å². The van der Waals surface area contributed by atoms with Crippen LogP contribution in [0, 0.1) is 6.92 Å². The molecule has 1 atom stereocenters. The zero-order valence-electron chi connectivity index (χ0n) is 9.24. The van der Waals surface area contributed by atoms with E-state index in [-0.39, 0.29) is 0 Å². The minimum Gasteiger partial charge on any atom is -0.305 e. The Morgan fingerprint density at radius 3 is 2.87 bits per heavy atom. The first-order valence-electron chi connectivity index (χ1n) is 6.00. The Morgan fingerprint density at radius 1 is 1.27 bits per heavy atom. The number of hydrogen-bond donors (Lipinski definition) is 1. The second-order valence-electron chi connectivity index (χ2n) is 4.73. The van der Waals surface area contributed by atoms with E-state index in [1.807, 2.05) is 6.92 Å². The standard InChI is InChI=1S/C11H18N4/c1-8-12-11-10(13-9-4-2-5-9)6-3-7-15(11)14-8/h9-10,13H,2-7H2,1H3. The van der Waals surface area contributed by atoms with Crippen LogP contribution in [0.2, 0.25) is 0 Å². The molecule has 4 nitrogen and oxygen atoms in total. The van der Waals surface area contributed by atoms with Gasteiger partial charge in [-0.05, 0) is 32.6 Å². The van der Waals surface area contributed by atoms with Gasteiger partial charge >= 0.3 is 0 Å². The van der Waals surface area contributed by atoms with E-state index < -0.39 is 0 Å². The monoisotopic (exact) mass is 206 g/mol. The maximum Gasteiger partial charge on any atom is 0.147 e. The number of rotatable bonds is 2. The molecule has 15 heavy (non-hydrogen) atoms. The van der Waals surface area contributed by atoms with Crippen LogP contribution < -0.4 is 5.32 Å². The van der Waals surface area contributed by atoms with Crippen LogP contribution in [0.5, 0.6) is 0 Å². The molecule has 1 aromatic heterocycles. The second-order valence-corrected chi connectivity index (χ2v) is 4.73. The summed E-state index contributed by atoms with van der Waals surface area (Å²) in [6, 6.07) is 1.18. The summed E-state index contributed by atoms with van der Waals surface area (Å²) in [5.74, 6) is 2.07. The fourth-order valence-electron chi connectivity index (χ4n) is 2.49. The highest BCUT2D eigenvalue weighted by Crippen LogP contribution is 2.27. The van der Waals surface area contributed by atoms with Crippen LogP contribution in [0.1, 0.15) is 49.8 Å². The normalized spacial score (nSPS) is 26.1. The molecule has 0 radical (unpaired) electrons. The average Bonchev–Trinajstić information content (AvgIpc) is 2.52.